The molecule has 1 aromatic carbocycles. The van der Waals surface area contributed by atoms with E-state index in [2.05, 4.69) is 20.3 Å². The van der Waals surface area contributed by atoms with Crippen molar-refractivity contribution in [2.24, 2.45) is 0 Å². The van der Waals surface area contributed by atoms with Gasteiger partial charge in [0.25, 0.3) is 0 Å². The monoisotopic (exact) mass is 344 g/mol. The second-order valence-corrected chi connectivity index (χ2v) is 6.08. The number of rotatable bonds is 3. The third-order valence-electron chi connectivity index (χ3n) is 2.30. The molecule has 1 heterocycles. The van der Waals surface area contributed by atoms with E-state index >= 15 is 0 Å². The Kier molecular flexibility index (Phi) is 3.77. The summed E-state index contributed by atoms with van der Waals surface area (Å²) in [6, 6.07) is 7.43. The number of benzene rings is 1. The van der Waals surface area contributed by atoms with E-state index in [1.54, 1.807) is 12.1 Å². The number of hydrogen-bond acceptors (Lipinski definition) is 5. The molecular formula is C12H9BrO5S. The average molecular weight is 345 g/mol. The summed E-state index contributed by atoms with van der Waals surface area (Å²) in [6.07, 6.45) is 1.06. The van der Waals surface area contributed by atoms with Crippen LogP contribution in [0.3, 0.4) is 0 Å². The van der Waals surface area contributed by atoms with Crippen molar-refractivity contribution in [1.29, 1.82) is 0 Å². The highest BCUT2D eigenvalue weighted by molar-refractivity contribution is 9.10. The van der Waals surface area contributed by atoms with Crippen molar-refractivity contribution >= 4 is 26.0 Å². The Labute approximate surface area is 118 Å². The summed E-state index contributed by atoms with van der Waals surface area (Å²) in [5, 5.41) is 0. The standard InChI is InChI=1S/C12H9BrO5S/c1-8-2-4-9(5-3-8)19(15,16)18-10-6-7-17-12(14)11(10)13/h2-7H,1H3. The van der Waals surface area contributed by atoms with Gasteiger partial charge in [-0.3, -0.25) is 0 Å². The number of halogens is 1. The highest BCUT2D eigenvalue weighted by Crippen LogP contribution is 2.24. The molecule has 0 saturated carbocycles. The van der Waals surface area contributed by atoms with Crippen LogP contribution in [-0.2, 0) is 10.1 Å². The fraction of sp³-hybridized carbons (Fsp3) is 0.0833. The normalized spacial score (nSPS) is 11.3. The quantitative estimate of drug-likeness (QED) is 0.799. The Balaban J connectivity index is 2.39. The van der Waals surface area contributed by atoms with E-state index in [9.17, 15) is 13.2 Å². The van der Waals surface area contributed by atoms with Gasteiger partial charge in [-0.25, -0.2) is 4.79 Å². The van der Waals surface area contributed by atoms with Crippen LogP contribution >= 0.6 is 15.9 Å². The Bertz CT molecular complexity index is 746. The van der Waals surface area contributed by atoms with Crippen LogP contribution in [0.2, 0.25) is 0 Å². The second kappa shape index (κ2) is 5.18. The molecule has 2 aromatic rings. The summed E-state index contributed by atoms with van der Waals surface area (Å²) >= 11 is 2.92. The van der Waals surface area contributed by atoms with Gasteiger partial charge in [-0.2, -0.15) is 8.42 Å². The Morgan fingerprint density at radius 2 is 1.79 bits per heavy atom. The smallest absolute Gasteiger partial charge is 0.353 e. The average Bonchev–Trinajstić information content (AvgIpc) is 2.35. The molecule has 0 atom stereocenters. The molecule has 0 aliphatic carbocycles. The van der Waals surface area contributed by atoms with Gasteiger partial charge in [0, 0.05) is 6.07 Å². The minimum Gasteiger partial charge on any atom is -0.430 e. The first kappa shape index (κ1) is 13.8. The topological polar surface area (TPSA) is 73.6 Å². The lowest BCUT2D eigenvalue weighted by Crippen LogP contribution is -2.12. The predicted octanol–water partition coefficient (Wildman–Crippen LogP) is 2.48. The van der Waals surface area contributed by atoms with Crippen molar-refractivity contribution in [3.63, 3.8) is 0 Å². The molecule has 0 unspecified atom stereocenters. The van der Waals surface area contributed by atoms with Gasteiger partial charge < -0.3 is 8.60 Å². The van der Waals surface area contributed by atoms with Crippen molar-refractivity contribution in [1.82, 2.24) is 0 Å². The summed E-state index contributed by atoms with van der Waals surface area (Å²) in [6.45, 7) is 1.84. The molecule has 0 aliphatic rings. The lowest BCUT2D eigenvalue weighted by atomic mass is 10.2. The fourth-order valence-corrected chi connectivity index (χ4v) is 2.67. The van der Waals surface area contributed by atoms with Crippen LogP contribution in [-0.4, -0.2) is 8.42 Å². The van der Waals surface area contributed by atoms with Crippen molar-refractivity contribution in [3.05, 3.63) is 57.1 Å². The first-order chi connectivity index (χ1) is 8.90. The van der Waals surface area contributed by atoms with E-state index in [4.69, 9.17) is 4.18 Å². The number of aryl methyl sites for hydroxylation is 1. The molecular weight excluding hydrogens is 336 g/mol. The van der Waals surface area contributed by atoms with Gasteiger partial charge in [0.05, 0.1) is 6.26 Å². The Morgan fingerprint density at radius 3 is 2.42 bits per heavy atom. The molecule has 0 aliphatic heterocycles. The molecule has 100 valence electrons. The lowest BCUT2D eigenvalue weighted by Gasteiger charge is -2.07. The van der Waals surface area contributed by atoms with Crippen molar-refractivity contribution in [3.8, 4) is 5.75 Å². The molecule has 1 aromatic heterocycles. The van der Waals surface area contributed by atoms with Crippen LogP contribution < -0.4 is 9.81 Å². The molecule has 0 saturated heterocycles. The molecule has 0 fully saturated rings. The maximum absolute atomic E-state index is 12.0. The zero-order valence-electron chi connectivity index (χ0n) is 9.79. The first-order valence-electron chi connectivity index (χ1n) is 5.18. The van der Waals surface area contributed by atoms with Gasteiger partial charge in [-0.05, 0) is 35.0 Å². The minimum absolute atomic E-state index is 0.0123. The molecule has 0 spiro atoms. The van der Waals surface area contributed by atoms with Gasteiger partial charge in [0.2, 0.25) is 0 Å². The summed E-state index contributed by atoms with van der Waals surface area (Å²) in [5.41, 5.74) is 0.220. The van der Waals surface area contributed by atoms with E-state index < -0.39 is 15.7 Å². The zero-order valence-corrected chi connectivity index (χ0v) is 12.2. The first-order valence-corrected chi connectivity index (χ1v) is 7.39. The van der Waals surface area contributed by atoms with Crippen molar-refractivity contribution in [2.75, 3.05) is 0 Å². The van der Waals surface area contributed by atoms with Crippen LogP contribution in [0.1, 0.15) is 5.56 Å². The molecule has 7 heteroatoms. The molecule has 5 nitrogen and oxygen atoms in total. The molecule has 0 radical (unpaired) electrons. The summed E-state index contributed by atoms with van der Waals surface area (Å²) in [5.74, 6) is -0.114. The van der Waals surface area contributed by atoms with Crippen molar-refractivity contribution in [2.45, 2.75) is 11.8 Å². The van der Waals surface area contributed by atoms with Gasteiger partial charge in [-0.15, -0.1) is 0 Å². The van der Waals surface area contributed by atoms with E-state index in [1.165, 1.54) is 18.2 Å². The maximum atomic E-state index is 12.0. The van der Waals surface area contributed by atoms with Gasteiger partial charge in [-0.1, -0.05) is 17.7 Å². The molecule has 19 heavy (non-hydrogen) atoms. The predicted molar refractivity (Wildman–Crippen MR) is 71.7 cm³/mol. The van der Waals surface area contributed by atoms with Crippen LogP contribution in [0.5, 0.6) is 5.75 Å². The second-order valence-electron chi connectivity index (χ2n) is 3.74. The highest BCUT2D eigenvalue weighted by Gasteiger charge is 2.19. The van der Waals surface area contributed by atoms with E-state index in [1.807, 2.05) is 6.92 Å². The van der Waals surface area contributed by atoms with Crippen molar-refractivity contribution < 1.29 is 17.0 Å². The Morgan fingerprint density at radius 1 is 1.16 bits per heavy atom. The zero-order chi connectivity index (χ0) is 14.0. The summed E-state index contributed by atoms with van der Waals surface area (Å²) < 4.78 is 33.4. The number of hydrogen-bond donors (Lipinski definition) is 0. The van der Waals surface area contributed by atoms with E-state index in [0.29, 0.717) is 0 Å². The van der Waals surface area contributed by atoms with Crippen LogP contribution in [0.15, 0.2) is 55.2 Å². The lowest BCUT2D eigenvalue weighted by molar-refractivity contribution is 0.463. The highest BCUT2D eigenvalue weighted by atomic mass is 79.9. The van der Waals surface area contributed by atoms with Crippen LogP contribution in [0, 0.1) is 6.92 Å². The van der Waals surface area contributed by atoms with E-state index in [0.717, 1.165) is 11.8 Å². The van der Waals surface area contributed by atoms with E-state index in [-0.39, 0.29) is 15.1 Å². The minimum atomic E-state index is -3.98. The summed E-state index contributed by atoms with van der Waals surface area (Å²) in [7, 11) is -3.98. The van der Waals surface area contributed by atoms with Crippen LogP contribution in [0.4, 0.5) is 0 Å². The SMILES string of the molecule is Cc1ccc(S(=O)(=O)Oc2ccoc(=O)c2Br)cc1. The third-order valence-corrected chi connectivity index (χ3v) is 4.26. The molecule has 0 bridgehead atoms. The largest absolute Gasteiger partial charge is 0.430 e. The van der Waals surface area contributed by atoms with Gasteiger partial charge in [0.15, 0.2) is 5.75 Å². The van der Waals surface area contributed by atoms with Gasteiger partial charge in [0.1, 0.15) is 9.37 Å². The molecule has 0 amide bonds. The van der Waals surface area contributed by atoms with Crippen LogP contribution in [0.25, 0.3) is 0 Å². The Hall–Kier alpha value is -1.60. The third kappa shape index (κ3) is 3.05. The molecule has 0 N–H and O–H groups in total. The fourth-order valence-electron chi connectivity index (χ4n) is 1.32. The summed E-state index contributed by atoms with van der Waals surface area (Å²) in [4.78, 5) is 11.2. The molecule has 2 rings (SSSR count). The maximum Gasteiger partial charge on any atom is 0.353 e. The van der Waals surface area contributed by atoms with Gasteiger partial charge >= 0.3 is 15.7 Å².